The minimum atomic E-state index is 0.340. The lowest BCUT2D eigenvalue weighted by molar-refractivity contribution is 0.283. The molecule has 0 radical (unpaired) electrons. The highest BCUT2D eigenvalue weighted by atomic mass is 35.5. The average molecular weight is 292 g/mol. The number of rotatable bonds is 5. The topological polar surface area (TPSA) is 51.0 Å². The molecule has 0 aliphatic carbocycles. The fourth-order valence-corrected chi connectivity index (χ4v) is 2.01. The van der Waals surface area contributed by atoms with Crippen molar-refractivity contribution < 1.29 is 14.7 Å². The molecule has 104 valence electrons. The van der Waals surface area contributed by atoms with E-state index < -0.39 is 0 Å². The molecule has 0 aromatic heterocycles. The van der Waals surface area contributed by atoms with Crippen LogP contribution < -0.4 is 9.47 Å². The van der Waals surface area contributed by atoms with Crippen molar-refractivity contribution in [1.82, 2.24) is 0 Å². The maximum absolute atomic E-state index is 8.69. The lowest BCUT2D eigenvalue weighted by Gasteiger charge is -2.13. The van der Waals surface area contributed by atoms with E-state index in [1.165, 1.54) is 6.21 Å². The first kappa shape index (κ1) is 14.2. The normalized spacial score (nSPS) is 10.7. The highest BCUT2D eigenvalue weighted by molar-refractivity contribution is 6.30. The van der Waals surface area contributed by atoms with Crippen LogP contribution >= 0.6 is 11.6 Å². The van der Waals surface area contributed by atoms with Crippen LogP contribution in [0.1, 0.15) is 11.1 Å². The van der Waals surface area contributed by atoms with Gasteiger partial charge in [0.05, 0.1) is 13.3 Å². The van der Waals surface area contributed by atoms with E-state index >= 15 is 0 Å². The van der Waals surface area contributed by atoms with Crippen LogP contribution in [0.15, 0.2) is 47.6 Å². The summed E-state index contributed by atoms with van der Waals surface area (Å²) >= 11 is 5.93. The van der Waals surface area contributed by atoms with Gasteiger partial charge in [-0.1, -0.05) is 35.0 Å². The number of ether oxygens (including phenoxy) is 2. The summed E-state index contributed by atoms with van der Waals surface area (Å²) in [5, 5.41) is 12.4. The predicted molar refractivity (Wildman–Crippen MR) is 78.2 cm³/mol. The molecule has 0 bridgehead atoms. The third kappa shape index (κ3) is 3.42. The third-order valence-electron chi connectivity index (χ3n) is 2.70. The van der Waals surface area contributed by atoms with Crippen LogP contribution in [0.3, 0.4) is 0 Å². The first-order valence-electron chi connectivity index (χ1n) is 5.96. The fraction of sp³-hybridized carbons (Fsp3) is 0.133. The summed E-state index contributed by atoms with van der Waals surface area (Å²) < 4.78 is 11.0. The van der Waals surface area contributed by atoms with Gasteiger partial charge in [-0.25, -0.2) is 0 Å². The van der Waals surface area contributed by atoms with Crippen molar-refractivity contribution in [2.45, 2.75) is 6.61 Å². The first-order valence-corrected chi connectivity index (χ1v) is 6.34. The van der Waals surface area contributed by atoms with Gasteiger partial charge >= 0.3 is 0 Å². The van der Waals surface area contributed by atoms with Gasteiger partial charge in [-0.2, -0.15) is 0 Å². The first-order chi connectivity index (χ1) is 9.74. The Balaban J connectivity index is 2.23. The van der Waals surface area contributed by atoms with E-state index in [1.807, 2.05) is 18.2 Å². The molecule has 4 nitrogen and oxygen atoms in total. The largest absolute Gasteiger partial charge is 0.493 e. The maximum Gasteiger partial charge on any atom is 0.170 e. The van der Waals surface area contributed by atoms with Crippen molar-refractivity contribution in [1.29, 1.82) is 0 Å². The Labute approximate surface area is 122 Å². The zero-order chi connectivity index (χ0) is 14.4. The number of halogens is 1. The molecule has 2 aromatic carbocycles. The molecule has 0 fully saturated rings. The molecular weight excluding hydrogens is 278 g/mol. The van der Waals surface area contributed by atoms with Gasteiger partial charge in [0.15, 0.2) is 11.5 Å². The molecular formula is C15H14ClNO3. The zero-order valence-electron chi connectivity index (χ0n) is 10.9. The maximum atomic E-state index is 8.69. The number of oxime groups is 1. The molecule has 20 heavy (non-hydrogen) atoms. The molecule has 0 saturated carbocycles. The van der Waals surface area contributed by atoms with Gasteiger partial charge in [0.2, 0.25) is 0 Å². The van der Waals surface area contributed by atoms with Crippen molar-refractivity contribution in [3.8, 4) is 11.5 Å². The van der Waals surface area contributed by atoms with Crippen LogP contribution in [-0.4, -0.2) is 18.5 Å². The molecule has 0 heterocycles. The number of para-hydroxylation sites is 1. The van der Waals surface area contributed by atoms with E-state index in [1.54, 1.807) is 31.4 Å². The molecule has 0 amide bonds. The Morgan fingerprint density at radius 1 is 1.25 bits per heavy atom. The Bertz CT molecular complexity index is 614. The Morgan fingerprint density at radius 2 is 2.05 bits per heavy atom. The van der Waals surface area contributed by atoms with Gasteiger partial charge in [0.25, 0.3) is 0 Å². The summed E-state index contributed by atoms with van der Waals surface area (Å²) in [6.07, 6.45) is 1.30. The van der Waals surface area contributed by atoms with Crippen molar-refractivity contribution in [2.75, 3.05) is 7.11 Å². The van der Waals surface area contributed by atoms with Crippen LogP contribution in [-0.2, 0) is 6.61 Å². The summed E-state index contributed by atoms with van der Waals surface area (Å²) in [6.45, 7) is 0.340. The minimum absolute atomic E-state index is 0.340. The Hall–Kier alpha value is -2.20. The van der Waals surface area contributed by atoms with E-state index in [0.717, 1.165) is 5.56 Å². The second-order valence-electron chi connectivity index (χ2n) is 4.04. The molecule has 0 saturated heterocycles. The predicted octanol–water partition coefficient (Wildman–Crippen LogP) is 3.74. The summed E-state index contributed by atoms with van der Waals surface area (Å²) in [4.78, 5) is 0. The molecule has 5 heteroatoms. The van der Waals surface area contributed by atoms with Crippen LogP contribution in [0, 0.1) is 0 Å². The van der Waals surface area contributed by atoms with Crippen LogP contribution in [0.2, 0.25) is 5.02 Å². The van der Waals surface area contributed by atoms with Crippen molar-refractivity contribution >= 4 is 17.8 Å². The molecule has 0 spiro atoms. The van der Waals surface area contributed by atoms with E-state index in [9.17, 15) is 0 Å². The summed E-state index contributed by atoms with van der Waals surface area (Å²) in [5.74, 6) is 1.09. The monoisotopic (exact) mass is 291 g/mol. The minimum Gasteiger partial charge on any atom is -0.493 e. The Kier molecular flexibility index (Phi) is 4.85. The number of methoxy groups -OCH3 is 1. The lowest BCUT2D eigenvalue weighted by Crippen LogP contribution is -2.01. The van der Waals surface area contributed by atoms with Crippen LogP contribution in [0.5, 0.6) is 11.5 Å². The van der Waals surface area contributed by atoms with Crippen LogP contribution in [0.25, 0.3) is 0 Å². The van der Waals surface area contributed by atoms with Gasteiger partial charge in [-0.15, -0.1) is 0 Å². The third-order valence-corrected chi connectivity index (χ3v) is 2.93. The smallest absolute Gasteiger partial charge is 0.170 e. The molecule has 0 aliphatic rings. The summed E-state index contributed by atoms with van der Waals surface area (Å²) in [7, 11) is 1.56. The SMILES string of the molecule is COc1cccc(C=NO)c1OCc1cccc(Cl)c1. The van der Waals surface area contributed by atoms with Gasteiger partial charge < -0.3 is 14.7 Å². The van der Waals surface area contributed by atoms with E-state index in [-0.39, 0.29) is 0 Å². The number of hydrogen-bond acceptors (Lipinski definition) is 4. The molecule has 2 rings (SSSR count). The highest BCUT2D eigenvalue weighted by Crippen LogP contribution is 2.31. The number of benzene rings is 2. The van der Waals surface area contributed by atoms with Gasteiger partial charge in [-0.3, -0.25) is 0 Å². The summed E-state index contributed by atoms with van der Waals surface area (Å²) in [6, 6.07) is 12.8. The molecule has 0 aliphatic heterocycles. The second-order valence-corrected chi connectivity index (χ2v) is 4.48. The molecule has 2 aromatic rings. The quantitative estimate of drug-likeness (QED) is 0.519. The van der Waals surface area contributed by atoms with Crippen molar-refractivity contribution in [2.24, 2.45) is 5.16 Å². The van der Waals surface area contributed by atoms with E-state index in [2.05, 4.69) is 5.16 Å². The number of nitrogens with zero attached hydrogens (tertiary/aromatic N) is 1. The van der Waals surface area contributed by atoms with Gasteiger partial charge in [0.1, 0.15) is 6.61 Å². The van der Waals surface area contributed by atoms with E-state index in [4.69, 9.17) is 26.3 Å². The average Bonchev–Trinajstić information content (AvgIpc) is 2.46. The second kappa shape index (κ2) is 6.82. The summed E-state index contributed by atoms with van der Waals surface area (Å²) in [5.41, 5.74) is 1.57. The zero-order valence-corrected chi connectivity index (χ0v) is 11.7. The fourth-order valence-electron chi connectivity index (χ4n) is 1.79. The Morgan fingerprint density at radius 3 is 2.75 bits per heavy atom. The van der Waals surface area contributed by atoms with Gasteiger partial charge in [-0.05, 0) is 29.8 Å². The molecule has 0 atom stereocenters. The van der Waals surface area contributed by atoms with Crippen molar-refractivity contribution in [3.63, 3.8) is 0 Å². The molecule has 1 N–H and O–H groups in total. The van der Waals surface area contributed by atoms with Gasteiger partial charge in [0, 0.05) is 10.6 Å². The highest BCUT2D eigenvalue weighted by Gasteiger charge is 2.09. The van der Waals surface area contributed by atoms with E-state index in [0.29, 0.717) is 28.7 Å². The van der Waals surface area contributed by atoms with Crippen LogP contribution in [0.4, 0.5) is 0 Å². The number of hydrogen-bond donors (Lipinski definition) is 1. The van der Waals surface area contributed by atoms with Crippen molar-refractivity contribution in [3.05, 3.63) is 58.6 Å². The standard InChI is InChI=1S/C15H14ClNO3/c1-19-14-7-3-5-12(9-17-18)15(14)20-10-11-4-2-6-13(16)8-11/h2-9,18H,10H2,1H3. The lowest BCUT2D eigenvalue weighted by atomic mass is 10.2. The molecule has 0 unspecified atom stereocenters.